The van der Waals surface area contributed by atoms with E-state index in [2.05, 4.69) is 30.5 Å². The van der Waals surface area contributed by atoms with Crippen LogP contribution in [0.25, 0.3) is 11.2 Å². The Balaban J connectivity index is 2.08. The molecule has 11 nitrogen and oxygen atoms in total. The van der Waals surface area contributed by atoms with Crippen molar-refractivity contribution in [2.75, 3.05) is 25.1 Å². The molecule has 1 fully saturated rings. The van der Waals surface area contributed by atoms with Crippen LogP contribution in [-0.4, -0.2) is 78.5 Å². The minimum atomic E-state index is -6.04. The van der Waals surface area contributed by atoms with Crippen LogP contribution in [0.2, 0.25) is 5.28 Å². The summed E-state index contributed by atoms with van der Waals surface area (Å²) in [5.41, 5.74) is -5.51. The number of ether oxygens (including phenoxy) is 1. The minimum Gasteiger partial charge on any atom is -0.396 e. The molecule has 3 rings (SSSR count). The fourth-order valence-electron chi connectivity index (χ4n) is 3.69. The molecule has 4 unspecified atom stereocenters. The Morgan fingerprint density at radius 3 is 2.85 bits per heavy atom. The second-order valence-corrected chi connectivity index (χ2v) is 9.02. The highest BCUT2D eigenvalue weighted by molar-refractivity contribution is 7.87. The Morgan fingerprint density at radius 1 is 1.36 bits per heavy atom. The van der Waals surface area contributed by atoms with Crippen molar-refractivity contribution in [3.8, 4) is 0 Å². The smallest absolute Gasteiger partial charge is 0.396 e. The molecule has 0 aromatic carbocycles. The molecule has 0 aliphatic carbocycles. The molecule has 1 saturated heterocycles. The van der Waals surface area contributed by atoms with Crippen molar-refractivity contribution in [2.24, 2.45) is 5.92 Å². The molecule has 3 N–H and O–H groups in total. The number of alkyl halides is 3. The first kappa shape index (κ1) is 21.7. The van der Waals surface area contributed by atoms with Crippen LogP contribution in [-0.2, 0) is 19.0 Å². The van der Waals surface area contributed by atoms with Crippen molar-refractivity contribution < 1.29 is 42.1 Å². The van der Waals surface area contributed by atoms with E-state index >= 15 is 0 Å². The third kappa shape index (κ3) is 5.33. The van der Waals surface area contributed by atoms with Gasteiger partial charge < -0.3 is 20.3 Å². The summed E-state index contributed by atoms with van der Waals surface area (Å²) in [6, 6.07) is 0. The van der Waals surface area contributed by atoms with Crippen molar-refractivity contribution in [2.45, 2.75) is 50.1 Å². The van der Waals surface area contributed by atoms with Gasteiger partial charge in [0.25, 0.3) is 0 Å². The third-order valence-corrected chi connectivity index (χ3v) is 6.27. The Morgan fingerprint density at radius 2 is 2.15 bits per heavy atom. The van der Waals surface area contributed by atoms with E-state index in [-0.39, 0.29) is 68.2 Å². The first-order valence-electron chi connectivity index (χ1n) is 11.3. The topological polar surface area (TPSA) is 149 Å². The summed E-state index contributed by atoms with van der Waals surface area (Å²) in [4.78, 5) is 12.3. The molecule has 2 aromatic rings. The molecule has 0 saturated carbocycles. The van der Waals surface area contributed by atoms with Gasteiger partial charge in [-0.05, 0) is 37.8 Å². The van der Waals surface area contributed by atoms with Crippen LogP contribution in [0, 0.1) is 5.92 Å². The molecule has 0 spiro atoms. The van der Waals surface area contributed by atoms with Gasteiger partial charge in [0.2, 0.25) is 8.15 Å². The number of rotatable bonds is 12. The van der Waals surface area contributed by atoms with E-state index in [4.69, 9.17) is 24.8 Å². The molecule has 16 heteroatoms. The standard InChI is InChI=1S/C17H23ClF3N5O6S/c1-2-22-13-11-14(25-16(18)24-13)26(8-23-11)15-12(32-33(29,30)17(19,20)21)9(5-7-28)10(31-15)4-3-6-27/h8-10,12,15,27-28H,2-7H2,1H3,(H,22,24,25)/i1T,27T,28T. The molecule has 186 valence electrons. The summed E-state index contributed by atoms with van der Waals surface area (Å²) < 4.78 is 96.6. The van der Waals surface area contributed by atoms with Gasteiger partial charge in [0, 0.05) is 27.0 Å². The molecule has 2 aromatic heterocycles. The summed E-state index contributed by atoms with van der Waals surface area (Å²) in [5.74, 6) is -0.795. The van der Waals surface area contributed by atoms with Crippen LogP contribution in [0.4, 0.5) is 19.0 Å². The van der Waals surface area contributed by atoms with Gasteiger partial charge in [-0.1, -0.05) is 0 Å². The SMILES string of the molecule is [3H]CCNc1nc(Cl)nc2c1ncn2C1OC(CCCO[3H])C(CCO[3H])C1OS(=O)(=O)C(F)(F)F. The lowest BCUT2D eigenvalue weighted by atomic mass is 9.92. The Kier molecular flexibility index (Phi) is 6.74. The van der Waals surface area contributed by atoms with E-state index in [9.17, 15) is 21.6 Å². The zero-order valence-electron chi connectivity index (χ0n) is 20.0. The van der Waals surface area contributed by atoms with Crippen LogP contribution < -0.4 is 5.32 Å². The molecule has 1 aliphatic heterocycles. The summed E-state index contributed by atoms with van der Waals surface area (Å²) in [6.45, 7) is -0.0389. The molecule has 0 amide bonds. The normalized spacial score (nSPS) is 25.2. The number of aliphatic hydroxyl groups is 2. The number of fused-ring (bicyclic) bond motifs is 1. The van der Waals surface area contributed by atoms with Crippen molar-refractivity contribution in [1.29, 1.82) is 2.86 Å². The van der Waals surface area contributed by atoms with Crippen molar-refractivity contribution >= 4 is 38.7 Å². The number of imidazole rings is 1. The van der Waals surface area contributed by atoms with Crippen LogP contribution in [0.5, 0.6) is 0 Å². The first-order chi connectivity index (χ1) is 17.0. The lowest BCUT2D eigenvalue weighted by Crippen LogP contribution is -2.37. The number of hydrogen-bond donors (Lipinski definition) is 3. The van der Waals surface area contributed by atoms with Crippen LogP contribution in [0.15, 0.2) is 6.33 Å². The Bertz CT molecular complexity index is 1130. The minimum absolute atomic E-state index is 0.000430. The van der Waals surface area contributed by atoms with Gasteiger partial charge in [-0.15, -0.1) is 0 Å². The predicted octanol–water partition coefficient (Wildman–Crippen LogP) is 1.81. The zero-order valence-corrected chi connectivity index (χ0v) is 18.6. The van der Waals surface area contributed by atoms with Crippen molar-refractivity contribution in [3.63, 3.8) is 0 Å². The average molecular weight is 524 g/mol. The first-order valence-corrected chi connectivity index (χ1v) is 11.6. The Hall–Kier alpha value is -1.78. The van der Waals surface area contributed by atoms with Gasteiger partial charge >= 0.3 is 15.6 Å². The second-order valence-electron chi connectivity index (χ2n) is 7.12. The number of halogens is 4. The maximum absolute atomic E-state index is 13.2. The van der Waals surface area contributed by atoms with Crippen LogP contribution >= 0.6 is 11.6 Å². The number of hydrogen-bond acceptors (Lipinski definition) is 10. The number of nitrogens with zero attached hydrogens (tertiary/aromatic N) is 4. The van der Waals surface area contributed by atoms with Crippen molar-refractivity contribution in [1.82, 2.24) is 19.5 Å². The summed E-state index contributed by atoms with van der Waals surface area (Å²) in [5, 5.41) is 11.2. The van der Waals surface area contributed by atoms with E-state index in [1.165, 1.54) is 10.9 Å². The van der Waals surface area contributed by atoms with Gasteiger partial charge in [0.1, 0.15) is 6.10 Å². The van der Waals surface area contributed by atoms with Crippen molar-refractivity contribution in [3.05, 3.63) is 11.6 Å². The largest absolute Gasteiger partial charge is 0.523 e. The summed E-state index contributed by atoms with van der Waals surface area (Å²) in [6.07, 6.45) is -2.42. The van der Waals surface area contributed by atoms with Gasteiger partial charge in [0.15, 0.2) is 23.2 Å². The number of nitrogens with one attached hydrogen (secondary N) is 1. The summed E-state index contributed by atoms with van der Waals surface area (Å²) in [7, 11) is -6.04. The van der Waals surface area contributed by atoms with E-state index in [0.29, 0.717) is 0 Å². The number of aliphatic hydroxyl groups excluding tert-OH is 2. The molecule has 1 aliphatic rings. The average Bonchev–Trinajstić information content (AvgIpc) is 3.36. The third-order valence-electron chi connectivity index (χ3n) is 5.06. The Labute approximate surface area is 196 Å². The van der Waals surface area contributed by atoms with Gasteiger partial charge in [-0.3, -0.25) is 8.75 Å². The van der Waals surface area contributed by atoms with Gasteiger partial charge in [0.05, 0.1) is 12.4 Å². The van der Waals surface area contributed by atoms with E-state index in [1.807, 2.05) is 0 Å². The van der Waals surface area contributed by atoms with E-state index < -0.39 is 40.0 Å². The lowest BCUT2D eigenvalue weighted by Gasteiger charge is -2.24. The van der Waals surface area contributed by atoms with Gasteiger partial charge in [-0.25, -0.2) is 4.98 Å². The van der Waals surface area contributed by atoms with Crippen LogP contribution in [0.3, 0.4) is 0 Å². The quantitative estimate of drug-likeness (QED) is 0.163. The molecule has 4 atom stereocenters. The van der Waals surface area contributed by atoms with E-state index in [0.717, 1.165) is 0 Å². The lowest BCUT2D eigenvalue weighted by molar-refractivity contribution is -0.0678. The molecule has 3 heterocycles. The number of aromatic nitrogens is 4. The molecular weight excluding hydrogens is 495 g/mol. The highest BCUT2D eigenvalue weighted by atomic mass is 35.5. The zero-order chi connectivity index (χ0) is 26.5. The van der Waals surface area contributed by atoms with Crippen LogP contribution in [0.1, 0.15) is 33.8 Å². The fraction of sp³-hybridized carbons (Fsp3) is 0.706. The molecule has 33 heavy (non-hydrogen) atoms. The molecule has 0 radical (unpaired) electrons. The van der Waals surface area contributed by atoms with Gasteiger partial charge in [-0.2, -0.15) is 31.6 Å². The molecular formula is C17H23ClF3N5O6S. The predicted molar refractivity (Wildman–Crippen MR) is 110 cm³/mol. The fourth-order valence-corrected chi connectivity index (χ4v) is 4.50. The molecule has 0 bridgehead atoms. The highest BCUT2D eigenvalue weighted by Crippen LogP contribution is 2.43. The highest BCUT2D eigenvalue weighted by Gasteiger charge is 2.54. The maximum Gasteiger partial charge on any atom is 0.523 e. The maximum atomic E-state index is 13.2. The van der Waals surface area contributed by atoms with E-state index in [1.54, 1.807) is 0 Å². The summed E-state index contributed by atoms with van der Waals surface area (Å²) >= 11 is 6.02. The monoisotopic (exact) mass is 523 g/mol. The second kappa shape index (κ2) is 10.2. The number of anilines is 1.